The van der Waals surface area contributed by atoms with E-state index in [4.69, 9.17) is 5.73 Å². The van der Waals surface area contributed by atoms with Crippen molar-refractivity contribution in [3.63, 3.8) is 0 Å². The minimum atomic E-state index is -0.685. The molecule has 1 aromatic heterocycles. The predicted octanol–water partition coefficient (Wildman–Crippen LogP) is 3.43. The maximum absolute atomic E-state index is 13.9. The lowest BCUT2D eigenvalue weighted by Crippen LogP contribution is -2.51. The van der Waals surface area contributed by atoms with E-state index in [-0.39, 0.29) is 34.3 Å². The van der Waals surface area contributed by atoms with Crippen molar-refractivity contribution >= 4 is 17.2 Å². The average molecular weight is 351 g/mol. The second kappa shape index (κ2) is 6.94. The minimum absolute atomic E-state index is 0.0263. The zero-order valence-electron chi connectivity index (χ0n) is 13.3. The summed E-state index contributed by atoms with van der Waals surface area (Å²) in [7, 11) is 0. The number of amides is 1. The van der Waals surface area contributed by atoms with Crippen LogP contribution in [0.1, 0.15) is 36.7 Å². The molecule has 7 heteroatoms. The average Bonchev–Trinajstić information content (AvgIpc) is 3.03. The molecule has 2 atom stereocenters. The third-order valence-corrected chi connectivity index (χ3v) is 5.18. The number of hydrogen-bond donors (Lipinski definition) is 1. The molecule has 1 aromatic carbocycles. The molecule has 2 heterocycles. The van der Waals surface area contributed by atoms with E-state index in [2.05, 4.69) is 4.98 Å². The smallest absolute Gasteiger partial charge is 0.273 e. The van der Waals surface area contributed by atoms with Crippen molar-refractivity contribution in [2.75, 3.05) is 6.54 Å². The molecule has 2 unspecified atom stereocenters. The number of aromatic nitrogens is 1. The Kier molecular flexibility index (Phi) is 4.91. The molecular formula is C17H19F2N3OS. The topological polar surface area (TPSA) is 59.2 Å². The maximum Gasteiger partial charge on any atom is 0.273 e. The molecule has 3 rings (SSSR count). The van der Waals surface area contributed by atoms with Crippen LogP contribution in [0.3, 0.4) is 0 Å². The van der Waals surface area contributed by atoms with Gasteiger partial charge in [0.25, 0.3) is 5.91 Å². The van der Waals surface area contributed by atoms with E-state index < -0.39 is 11.6 Å². The fourth-order valence-corrected chi connectivity index (χ4v) is 3.93. The number of rotatable bonds is 3. The number of nitrogens with two attached hydrogens (primary N) is 1. The highest BCUT2D eigenvalue weighted by Gasteiger charge is 2.31. The number of nitrogens with zero attached hydrogens (tertiary/aromatic N) is 2. The van der Waals surface area contributed by atoms with Crippen molar-refractivity contribution in [3.05, 3.63) is 40.9 Å². The summed E-state index contributed by atoms with van der Waals surface area (Å²) < 4.78 is 27.8. The van der Waals surface area contributed by atoms with Crippen LogP contribution in [0.4, 0.5) is 8.78 Å². The molecule has 128 valence electrons. The molecule has 1 amide bonds. The van der Waals surface area contributed by atoms with Gasteiger partial charge in [-0.15, -0.1) is 11.3 Å². The first-order chi connectivity index (χ1) is 11.5. The fraction of sp³-hybridized carbons (Fsp3) is 0.412. The number of halogens is 2. The molecule has 2 N–H and O–H groups in total. The first kappa shape index (κ1) is 17.0. The van der Waals surface area contributed by atoms with Crippen molar-refractivity contribution in [2.24, 2.45) is 5.73 Å². The van der Waals surface area contributed by atoms with Crippen LogP contribution in [0.15, 0.2) is 23.6 Å². The summed E-state index contributed by atoms with van der Waals surface area (Å²) in [5.41, 5.74) is 6.02. The van der Waals surface area contributed by atoms with E-state index in [0.717, 1.165) is 30.6 Å². The Labute approximate surface area is 143 Å². The summed E-state index contributed by atoms with van der Waals surface area (Å²) in [4.78, 5) is 18.7. The van der Waals surface area contributed by atoms with Gasteiger partial charge in [-0.1, -0.05) is 6.07 Å². The number of likely N-dealkylation sites (tertiary alicyclic amines) is 1. The van der Waals surface area contributed by atoms with Gasteiger partial charge in [-0.3, -0.25) is 4.79 Å². The summed E-state index contributed by atoms with van der Waals surface area (Å²) in [5, 5.41) is 1.72. The van der Waals surface area contributed by atoms with Gasteiger partial charge >= 0.3 is 0 Å². The lowest BCUT2D eigenvalue weighted by atomic mass is 9.96. The summed E-state index contributed by atoms with van der Waals surface area (Å²) >= 11 is 1.06. The van der Waals surface area contributed by atoms with E-state index in [0.29, 0.717) is 6.54 Å². The van der Waals surface area contributed by atoms with E-state index in [9.17, 15) is 13.6 Å². The SMILES string of the molecule is CC(N)C1CCCCN1C(=O)c1csc(-c2c(F)cccc2F)n1. The van der Waals surface area contributed by atoms with Gasteiger partial charge < -0.3 is 10.6 Å². The van der Waals surface area contributed by atoms with Crippen molar-refractivity contribution < 1.29 is 13.6 Å². The number of piperidine rings is 1. The molecule has 24 heavy (non-hydrogen) atoms. The molecule has 1 aliphatic heterocycles. The number of benzene rings is 1. The zero-order chi connectivity index (χ0) is 17.3. The zero-order valence-corrected chi connectivity index (χ0v) is 14.2. The molecule has 2 aromatic rings. The molecule has 1 aliphatic rings. The largest absolute Gasteiger partial charge is 0.333 e. The number of carbonyl (C=O) groups is 1. The standard InChI is InChI=1S/C17H19F2N3OS/c1-10(20)14-7-2-3-8-22(14)17(23)13-9-24-16(21-13)15-11(18)5-4-6-12(15)19/h4-6,9-10,14H,2-3,7-8,20H2,1H3. The monoisotopic (exact) mass is 351 g/mol. The van der Waals surface area contributed by atoms with Crippen molar-refractivity contribution in [2.45, 2.75) is 38.3 Å². The van der Waals surface area contributed by atoms with E-state index in [1.807, 2.05) is 6.92 Å². The third kappa shape index (κ3) is 3.18. The van der Waals surface area contributed by atoms with Gasteiger partial charge in [-0.05, 0) is 38.3 Å². The van der Waals surface area contributed by atoms with Crippen LogP contribution in [0.25, 0.3) is 10.6 Å². The molecule has 0 spiro atoms. The van der Waals surface area contributed by atoms with Gasteiger partial charge in [0.1, 0.15) is 22.3 Å². The number of thiazole rings is 1. The van der Waals surface area contributed by atoms with Crippen LogP contribution in [-0.2, 0) is 0 Å². The normalized spacial score (nSPS) is 19.3. The van der Waals surface area contributed by atoms with Crippen molar-refractivity contribution in [1.29, 1.82) is 0 Å². The summed E-state index contributed by atoms with van der Waals surface area (Å²) in [5.74, 6) is -1.60. The molecule has 0 bridgehead atoms. The molecule has 4 nitrogen and oxygen atoms in total. The quantitative estimate of drug-likeness (QED) is 0.922. The molecule has 0 radical (unpaired) electrons. The minimum Gasteiger partial charge on any atom is -0.333 e. The maximum atomic E-state index is 13.9. The Bertz CT molecular complexity index is 727. The lowest BCUT2D eigenvalue weighted by molar-refractivity contribution is 0.0578. The van der Waals surface area contributed by atoms with Crippen LogP contribution >= 0.6 is 11.3 Å². The van der Waals surface area contributed by atoms with Gasteiger partial charge in [0.05, 0.1) is 5.56 Å². The van der Waals surface area contributed by atoms with Crippen molar-refractivity contribution in [1.82, 2.24) is 9.88 Å². The van der Waals surface area contributed by atoms with E-state index >= 15 is 0 Å². The van der Waals surface area contributed by atoms with Gasteiger partial charge in [0.2, 0.25) is 0 Å². The van der Waals surface area contributed by atoms with Gasteiger partial charge in [-0.2, -0.15) is 0 Å². The van der Waals surface area contributed by atoms with Crippen molar-refractivity contribution in [3.8, 4) is 10.6 Å². The summed E-state index contributed by atoms with van der Waals surface area (Å²) in [6, 6.07) is 3.50. The Balaban J connectivity index is 1.89. The summed E-state index contributed by atoms with van der Waals surface area (Å²) in [6.07, 6.45) is 2.83. The Hall–Kier alpha value is -1.86. The van der Waals surface area contributed by atoms with Crippen LogP contribution in [0, 0.1) is 11.6 Å². The molecular weight excluding hydrogens is 332 g/mol. The number of hydrogen-bond acceptors (Lipinski definition) is 4. The first-order valence-electron chi connectivity index (χ1n) is 7.95. The third-order valence-electron chi connectivity index (χ3n) is 4.32. The van der Waals surface area contributed by atoms with E-state index in [1.165, 1.54) is 18.2 Å². The molecule has 1 fully saturated rings. The predicted molar refractivity (Wildman–Crippen MR) is 89.8 cm³/mol. The second-order valence-corrected chi connectivity index (χ2v) is 6.91. The van der Waals surface area contributed by atoms with Crippen LogP contribution in [-0.4, -0.2) is 34.4 Å². The lowest BCUT2D eigenvalue weighted by Gasteiger charge is -2.37. The Morgan fingerprint density at radius 3 is 2.75 bits per heavy atom. The Morgan fingerprint density at radius 2 is 2.08 bits per heavy atom. The van der Waals surface area contributed by atoms with Gasteiger partial charge in [-0.25, -0.2) is 13.8 Å². The van der Waals surface area contributed by atoms with Crippen LogP contribution in [0.5, 0.6) is 0 Å². The first-order valence-corrected chi connectivity index (χ1v) is 8.83. The molecule has 1 saturated heterocycles. The van der Waals surface area contributed by atoms with E-state index in [1.54, 1.807) is 10.3 Å². The fourth-order valence-electron chi connectivity index (χ4n) is 3.09. The highest BCUT2D eigenvalue weighted by molar-refractivity contribution is 7.13. The highest BCUT2D eigenvalue weighted by atomic mass is 32.1. The van der Waals surface area contributed by atoms with Gasteiger partial charge in [0, 0.05) is 24.0 Å². The molecule has 0 aliphatic carbocycles. The van der Waals surface area contributed by atoms with Gasteiger partial charge in [0.15, 0.2) is 0 Å². The van der Waals surface area contributed by atoms with Crippen LogP contribution < -0.4 is 5.73 Å². The Morgan fingerprint density at radius 1 is 1.38 bits per heavy atom. The summed E-state index contributed by atoms with van der Waals surface area (Å²) in [6.45, 7) is 2.52. The number of carbonyl (C=O) groups excluding carboxylic acids is 1. The second-order valence-electron chi connectivity index (χ2n) is 6.06. The van der Waals surface area contributed by atoms with Crippen LogP contribution in [0.2, 0.25) is 0 Å². The highest BCUT2D eigenvalue weighted by Crippen LogP contribution is 2.30. The molecule has 0 saturated carbocycles.